The van der Waals surface area contributed by atoms with Gasteiger partial charge in [-0.3, -0.25) is 4.79 Å². The van der Waals surface area contributed by atoms with Crippen molar-refractivity contribution < 1.29 is 4.79 Å². The van der Waals surface area contributed by atoms with Crippen LogP contribution in [0.15, 0.2) is 12.1 Å². The van der Waals surface area contributed by atoms with Gasteiger partial charge < -0.3 is 16.0 Å². The normalized spacial score (nSPS) is 22.8. The predicted molar refractivity (Wildman–Crippen MR) is 77.3 cm³/mol. The molecule has 1 atom stereocenters. The van der Waals surface area contributed by atoms with Crippen LogP contribution in [0.4, 0.5) is 17.1 Å². The summed E-state index contributed by atoms with van der Waals surface area (Å²) in [6, 6.07) is 3.97. The van der Waals surface area contributed by atoms with E-state index in [0.717, 1.165) is 41.5 Å². The lowest BCUT2D eigenvalue weighted by atomic mass is 10.1. The summed E-state index contributed by atoms with van der Waals surface area (Å²) in [5.41, 5.74) is 9.91. The zero-order valence-corrected chi connectivity index (χ0v) is 11.2. The zero-order chi connectivity index (χ0) is 12.7. The molecule has 2 aliphatic rings. The van der Waals surface area contributed by atoms with Gasteiger partial charge in [0.1, 0.15) is 0 Å². The highest BCUT2D eigenvalue weighted by Gasteiger charge is 2.23. The number of carbonyl (C=O) groups is 1. The number of hydrogen-bond acceptors (Lipinski definition) is 4. The second-order valence-electron chi connectivity index (χ2n) is 4.92. The van der Waals surface area contributed by atoms with Gasteiger partial charge in [-0.05, 0) is 17.7 Å². The summed E-state index contributed by atoms with van der Waals surface area (Å²) in [5.74, 6) is 1.19. The first-order valence-corrected chi connectivity index (χ1v) is 7.27. The zero-order valence-electron chi connectivity index (χ0n) is 10.4. The Balaban J connectivity index is 1.93. The van der Waals surface area contributed by atoms with E-state index in [1.165, 1.54) is 0 Å². The maximum absolute atomic E-state index is 11.4. The fraction of sp³-hybridized carbons (Fsp3) is 0.462. The van der Waals surface area contributed by atoms with Crippen LogP contribution in [0.5, 0.6) is 0 Å². The quantitative estimate of drug-likeness (QED) is 0.757. The van der Waals surface area contributed by atoms with E-state index in [-0.39, 0.29) is 5.91 Å². The molecule has 5 heteroatoms. The fourth-order valence-corrected chi connectivity index (χ4v) is 3.61. The number of hydrogen-bond donors (Lipinski definition) is 2. The molecule has 96 valence electrons. The molecule has 0 radical (unpaired) electrons. The average Bonchev–Trinajstić information content (AvgIpc) is 2.67. The third-order valence-electron chi connectivity index (χ3n) is 3.46. The Labute approximate surface area is 111 Å². The SMILES string of the molecule is CC1CN(c2cc3c(cc2N)CC(=O)N3)CCS1. The van der Waals surface area contributed by atoms with Gasteiger partial charge in [-0.1, -0.05) is 6.92 Å². The molecule has 2 heterocycles. The molecule has 1 aromatic rings. The van der Waals surface area contributed by atoms with Crippen LogP contribution in [0.3, 0.4) is 0 Å². The lowest BCUT2D eigenvalue weighted by Crippen LogP contribution is -2.37. The number of nitrogens with zero attached hydrogens (tertiary/aromatic N) is 1. The lowest BCUT2D eigenvalue weighted by Gasteiger charge is -2.33. The Hall–Kier alpha value is -1.36. The van der Waals surface area contributed by atoms with E-state index < -0.39 is 0 Å². The Bertz CT molecular complexity index is 503. The number of fused-ring (bicyclic) bond motifs is 1. The summed E-state index contributed by atoms with van der Waals surface area (Å²) in [6.45, 7) is 4.27. The second-order valence-corrected chi connectivity index (χ2v) is 6.47. The Morgan fingerprint density at radius 1 is 1.50 bits per heavy atom. The Morgan fingerprint density at radius 2 is 2.33 bits per heavy atom. The number of carbonyl (C=O) groups excluding carboxylic acids is 1. The Morgan fingerprint density at radius 3 is 3.11 bits per heavy atom. The van der Waals surface area contributed by atoms with Crippen molar-refractivity contribution in [1.29, 1.82) is 0 Å². The van der Waals surface area contributed by atoms with Crippen molar-refractivity contribution in [1.82, 2.24) is 0 Å². The minimum absolute atomic E-state index is 0.0594. The van der Waals surface area contributed by atoms with Gasteiger partial charge in [0, 0.05) is 29.8 Å². The van der Waals surface area contributed by atoms with Gasteiger partial charge in [0.15, 0.2) is 0 Å². The third kappa shape index (κ3) is 2.03. The average molecular weight is 263 g/mol. The standard InChI is InChI=1S/C13H17N3OS/c1-8-7-16(2-3-18-8)12-6-11-9(4-10(12)14)5-13(17)15-11/h4,6,8H,2-3,5,7,14H2,1H3,(H,15,17). The summed E-state index contributed by atoms with van der Waals surface area (Å²) in [7, 11) is 0. The summed E-state index contributed by atoms with van der Waals surface area (Å²) in [5, 5.41) is 3.51. The van der Waals surface area contributed by atoms with Crippen molar-refractivity contribution in [3.05, 3.63) is 17.7 Å². The molecule has 1 unspecified atom stereocenters. The van der Waals surface area contributed by atoms with Crippen LogP contribution in [0.1, 0.15) is 12.5 Å². The maximum atomic E-state index is 11.4. The highest BCUT2D eigenvalue weighted by atomic mass is 32.2. The van der Waals surface area contributed by atoms with E-state index in [1.54, 1.807) is 0 Å². The van der Waals surface area contributed by atoms with Crippen molar-refractivity contribution in [3.63, 3.8) is 0 Å². The van der Waals surface area contributed by atoms with Crippen LogP contribution in [-0.4, -0.2) is 30.0 Å². The number of nitrogens with two attached hydrogens (primary N) is 1. The van der Waals surface area contributed by atoms with E-state index in [4.69, 9.17) is 5.73 Å². The number of amides is 1. The molecular weight excluding hydrogens is 246 g/mol. The maximum Gasteiger partial charge on any atom is 0.228 e. The van der Waals surface area contributed by atoms with Gasteiger partial charge in [0.2, 0.25) is 5.91 Å². The summed E-state index contributed by atoms with van der Waals surface area (Å²) in [4.78, 5) is 13.7. The molecule has 3 rings (SSSR count). The summed E-state index contributed by atoms with van der Waals surface area (Å²) < 4.78 is 0. The van der Waals surface area contributed by atoms with E-state index in [1.807, 2.05) is 23.9 Å². The number of nitrogens with one attached hydrogen (secondary N) is 1. The number of rotatable bonds is 1. The van der Waals surface area contributed by atoms with Crippen molar-refractivity contribution in [2.45, 2.75) is 18.6 Å². The highest BCUT2D eigenvalue weighted by Crippen LogP contribution is 2.35. The smallest absolute Gasteiger partial charge is 0.228 e. The van der Waals surface area contributed by atoms with Gasteiger partial charge in [-0.15, -0.1) is 0 Å². The monoisotopic (exact) mass is 263 g/mol. The molecule has 0 saturated carbocycles. The van der Waals surface area contributed by atoms with Crippen LogP contribution in [-0.2, 0) is 11.2 Å². The first-order chi connectivity index (χ1) is 8.63. The number of anilines is 3. The van der Waals surface area contributed by atoms with Crippen LogP contribution in [0, 0.1) is 0 Å². The first-order valence-electron chi connectivity index (χ1n) is 6.22. The van der Waals surface area contributed by atoms with Gasteiger partial charge in [0.05, 0.1) is 17.8 Å². The van der Waals surface area contributed by atoms with Crippen LogP contribution >= 0.6 is 11.8 Å². The largest absolute Gasteiger partial charge is 0.397 e. The molecule has 1 aromatic carbocycles. The number of benzene rings is 1. The minimum atomic E-state index is 0.0594. The summed E-state index contributed by atoms with van der Waals surface area (Å²) in [6.07, 6.45) is 0.450. The van der Waals surface area contributed by atoms with E-state index in [0.29, 0.717) is 11.7 Å². The molecule has 3 N–H and O–H groups in total. The molecule has 4 nitrogen and oxygen atoms in total. The molecule has 18 heavy (non-hydrogen) atoms. The van der Waals surface area contributed by atoms with Gasteiger partial charge >= 0.3 is 0 Å². The lowest BCUT2D eigenvalue weighted by molar-refractivity contribution is -0.115. The third-order valence-corrected chi connectivity index (χ3v) is 4.60. The molecule has 0 aliphatic carbocycles. The first kappa shape index (κ1) is 11.7. The second kappa shape index (κ2) is 4.39. The predicted octanol–water partition coefficient (Wildman–Crippen LogP) is 1.71. The van der Waals surface area contributed by atoms with Crippen LogP contribution in [0.25, 0.3) is 0 Å². The van der Waals surface area contributed by atoms with Crippen molar-refractivity contribution in [3.8, 4) is 0 Å². The number of thioether (sulfide) groups is 1. The van der Waals surface area contributed by atoms with Gasteiger partial charge in [-0.2, -0.15) is 11.8 Å². The minimum Gasteiger partial charge on any atom is -0.397 e. The van der Waals surface area contributed by atoms with Crippen LogP contribution in [0.2, 0.25) is 0 Å². The van der Waals surface area contributed by atoms with E-state index in [9.17, 15) is 4.79 Å². The van der Waals surface area contributed by atoms with Crippen molar-refractivity contribution >= 4 is 34.7 Å². The molecule has 0 spiro atoms. The molecule has 2 aliphatic heterocycles. The van der Waals surface area contributed by atoms with Crippen molar-refractivity contribution in [2.75, 3.05) is 34.8 Å². The highest BCUT2D eigenvalue weighted by molar-refractivity contribution is 8.00. The van der Waals surface area contributed by atoms with Crippen molar-refractivity contribution in [2.24, 2.45) is 0 Å². The molecule has 1 saturated heterocycles. The Kier molecular flexibility index (Phi) is 2.86. The van der Waals surface area contributed by atoms with Gasteiger partial charge in [-0.25, -0.2) is 0 Å². The molecule has 0 bridgehead atoms. The summed E-state index contributed by atoms with van der Waals surface area (Å²) >= 11 is 2.00. The molecule has 0 aromatic heterocycles. The van der Waals surface area contributed by atoms with Gasteiger partial charge in [0.25, 0.3) is 0 Å². The number of nitrogen functional groups attached to an aromatic ring is 1. The molecule has 1 fully saturated rings. The van der Waals surface area contributed by atoms with E-state index >= 15 is 0 Å². The molecule has 1 amide bonds. The topological polar surface area (TPSA) is 58.4 Å². The molecular formula is C13H17N3OS. The van der Waals surface area contributed by atoms with Crippen LogP contribution < -0.4 is 16.0 Å². The fourth-order valence-electron chi connectivity index (χ4n) is 2.59. The van der Waals surface area contributed by atoms with E-state index in [2.05, 4.69) is 17.1 Å².